The Hall–Kier alpha value is -3.42. The molecule has 2 aromatic carbocycles. The minimum atomic E-state index is -0.123. The number of nitrogens with one attached hydrogen (secondary N) is 2. The molecule has 0 saturated heterocycles. The summed E-state index contributed by atoms with van der Waals surface area (Å²) in [5.41, 5.74) is 0. The van der Waals surface area contributed by atoms with Gasteiger partial charge < -0.3 is 29.6 Å². The Morgan fingerprint density at radius 1 is 0.559 bits per heavy atom. The van der Waals surface area contributed by atoms with Gasteiger partial charge in [0.2, 0.25) is 0 Å². The Morgan fingerprint density at radius 3 is 1.24 bits per heavy atom. The van der Waals surface area contributed by atoms with Crippen molar-refractivity contribution in [1.82, 2.24) is 10.6 Å². The number of hydrogen-bond donors (Lipinski definition) is 2. The molecule has 34 heavy (non-hydrogen) atoms. The second kappa shape index (κ2) is 16.2. The summed E-state index contributed by atoms with van der Waals surface area (Å²) >= 11 is 0. The maximum atomic E-state index is 11.8. The van der Waals surface area contributed by atoms with Gasteiger partial charge in [-0.2, -0.15) is 0 Å². The number of benzene rings is 2. The van der Waals surface area contributed by atoms with Crippen molar-refractivity contribution in [2.24, 2.45) is 0 Å². The summed E-state index contributed by atoms with van der Waals surface area (Å²) in [7, 11) is 3.21. The van der Waals surface area contributed by atoms with Gasteiger partial charge in [-0.1, -0.05) is 25.7 Å². The van der Waals surface area contributed by atoms with E-state index in [-0.39, 0.29) is 25.0 Å². The van der Waals surface area contributed by atoms with Crippen molar-refractivity contribution in [2.75, 3.05) is 40.5 Å². The second-order valence-electron chi connectivity index (χ2n) is 7.75. The number of amides is 2. The fourth-order valence-electron chi connectivity index (χ4n) is 3.16. The highest BCUT2D eigenvalue weighted by molar-refractivity contribution is 5.77. The van der Waals surface area contributed by atoms with Crippen molar-refractivity contribution in [3.8, 4) is 23.0 Å². The van der Waals surface area contributed by atoms with E-state index < -0.39 is 0 Å². The van der Waals surface area contributed by atoms with Crippen molar-refractivity contribution in [2.45, 2.75) is 38.5 Å². The molecule has 2 amide bonds. The molecule has 0 fully saturated rings. The lowest BCUT2D eigenvalue weighted by atomic mass is 10.1. The minimum Gasteiger partial charge on any atom is -0.497 e. The lowest BCUT2D eigenvalue weighted by Crippen LogP contribution is -2.29. The number of carbonyl (C=O) groups excluding carboxylic acids is 2. The van der Waals surface area contributed by atoms with E-state index in [4.69, 9.17) is 18.9 Å². The van der Waals surface area contributed by atoms with Gasteiger partial charge in [-0.15, -0.1) is 0 Å². The van der Waals surface area contributed by atoms with Crippen molar-refractivity contribution < 1.29 is 28.5 Å². The SMILES string of the molecule is COc1ccc(OCC(=O)NCCCCCCCCNC(=O)COc2ccc(OC)cc2)cc1. The third-order valence-corrected chi connectivity index (χ3v) is 5.11. The average Bonchev–Trinajstić information content (AvgIpc) is 2.87. The number of hydrogen-bond acceptors (Lipinski definition) is 6. The highest BCUT2D eigenvalue weighted by atomic mass is 16.5. The van der Waals surface area contributed by atoms with Gasteiger partial charge in [-0.3, -0.25) is 9.59 Å². The standard InChI is InChI=1S/C26H36N2O6/c1-31-21-9-13-23(14-10-21)33-19-25(29)27-17-7-5-3-4-6-8-18-28-26(30)20-34-24-15-11-22(32-2)12-16-24/h9-16H,3-8,17-20H2,1-2H3,(H,27,29)(H,28,30). The molecule has 0 heterocycles. The molecule has 0 bridgehead atoms. The van der Waals surface area contributed by atoms with Gasteiger partial charge in [0.1, 0.15) is 23.0 Å². The predicted octanol–water partition coefficient (Wildman–Crippen LogP) is 3.73. The van der Waals surface area contributed by atoms with E-state index in [2.05, 4.69) is 10.6 Å². The first-order valence-electron chi connectivity index (χ1n) is 11.7. The first kappa shape index (κ1) is 26.8. The molecule has 0 aromatic heterocycles. The quantitative estimate of drug-likeness (QED) is 0.341. The Bertz CT molecular complexity index is 768. The molecular formula is C26H36N2O6. The van der Waals surface area contributed by atoms with Crippen LogP contribution >= 0.6 is 0 Å². The van der Waals surface area contributed by atoms with Gasteiger partial charge in [-0.05, 0) is 61.4 Å². The van der Waals surface area contributed by atoms with Gasteiger partial charge >= 0.3 is 0 Å². The van der Waals surface area contributed by atoms with Gasteiger partial charge in [0.25, 0.3) is 11.8 Å². The third kappa shape index (κ3) is 11.4. The monoisotopic (exact) mass is 472 g/mol. The fourth-order valence-corrected chi connectivity index (χ4v) is 3.16. The Labute approximate surface area is 201 Å². The van der Waals surface area contributed by atoms with E-state index in [1.165, 1.54) is 0 Å². The zero-order valence-electron chi connectivity index (χ0n) is 20.1. The van der Waals surface area contributed by atoms with Gasteiger partial charge in [-0.25, -0.2) is 0 Å². The minimum absolute atomic E-state index is 0.00316. The molecular weight excluding hydrogens is 436 g/mol. The van der Waals surface area contributed by atoms with Crippen LogP contribution in [0, 0.1) is 0 Å². The molecule has 0 aliphatic rings. The second-order valence-corrected chi connectivity index (χ2v) is 7.75. The molecule has 0 saturated carbocycles. The van der Waals surface area contributed by atoms with E-state index in [1.807, 2.05) is 0 Å². The molecule has 0 radical (unpaired) electrons. The van der Waals surface area contributed by atoms with Gasteiger partial charge in [0.05, 0.1) is 14.2 Å². The summed E-state index contributed by atoms with van der Waals surface area (Å²) in [6.07, 6.45) is 6.20. The predicted molar refractivity (Wildman–Crippen MR) is 131 cm³/mol. The molecule has 0 spiro atoms. The van der Waals surface area contributed by atoms with E-state index >= 15 is 0 Å². The number of methoxy groups -OCH3 is 2. The first-order valence-corrected chi connectivity index (χ1v) is 11.7. The van der Waals surface area contributed by atoms with Crippen LogP contribution in [0.25, 0.3) is 0 Å². The summed E-state index contributed by atoms with van der Waals surface area (Å²) in [4.78, 5) is 23.7. The number of carbonyl (C=O) groups is 2. The van der Waals surface area contributed by atoms with Crippen LogP contribution in [0.2, 0.25) is 0 Å². The van der Waals surface area contributed by atoms with Crippen molar-refractivity contribution in [3.05, 3.63) is 48.5 Å². The van der Waals surface area contributed by atoms with E-state index in [0.717, 1.165) is 50.0 Å². The lowest BCUT2D eigenvalue weighted by Gasteiger charge is -2.09. The molecule has 2 N–H and O–H groups in total. The normalized spacial score (nSPS) is 10.3. The van der Waals surface area contributed by atoms with Crippen LogP contribution in [0.1, 0.15) is 38.5 Å². The highest BCUT2D eigenvalue weighted by Crippen LogP contribution is 2.17. The Kier molecular flexibility index (Phi) is 12.8. The number of rotatable bonds is 17. The van der Waals surface area contributed by atoms with Crippen molar-refractivity contribution in [1.29, 1.82) is 0 Å². The van der Waals surface area contributed by atoms with Crippen molar-refractivity contribution in [3.63, 3.8) is 0 Å². The first-order chi connectivity index (χ1) is 16.6. The van der Waals surface area contributed by atoms with Gasteiger partial charge in [0.15, 0.2) is 13.2 Å². The van der Waals surface area contributed by atoms with Crippen LogP contribution in [0.3, 0.4) is 0 Å². The van der Waals surface area contributed by atoms with E-state index in [9.17, 15) is 9.59 Å². The summed E-state index contributed by atoms with van der Waals surface area (Å²) in [5.74, 6) is 2.52. The highest BCUT2D eigenvalue weighted by Gasteiger charge is 2.04. The Morgan fingerprint density at radius 2 is 0.882 bits per heavy atom. The zero-order chi connectivity index (χ0) is 24.4. The molecule has 186 valence electrons. The molecule has 8 nitrogen and oxygen atoms in total. The molecule has 8 heteroatoms. The van der Waals surface area contributed by atoms with E-state index in [0.29, 0.717) is 24.6 Å². The third-order valence-electron chi connectivity index (χ3n) is 5.11. The maximum Gasteiger partial charge on any atom is 0.257 e. The van der Waals surface area contributed by atoms with Crippen LogP contribution < -0.4 is 29.6 Å². The maximum absolute atomic E-state index is 11.8. The lowest BCUT2D eigenvalue weighted by molar-refractivity contribution is -0.123. The molecule has 0 aliphatic carbocycles. The van der Waals surface area contributed by atoms with Gasteiger partial charge in [0, 0.05) is 13.1 Å². The summed E-state index contributed by atoms with van der Waals surface area (Å²) in [5, 5.41) is 5.75. The Balaban J connectivity index is 1.38. The molecule has 2 aromatic rings. The smallest absolute Gasteiger partial charge is 0.257 e. The number of unbranched alkanes of at least 4 members (excludes halogenated alkanes) is 5. The topological polar surface area (TPSA) is 95.1 Å². The number of ether oxygens (including phenoxy) is 4. The van der Waals surface area contributed by atoms with E-state index in [1.54, 1.807) is 62.8 Å². The van der Waals surface area contributed by atoms with Crippen LogP contribution in [0.4, 0.5) is 0 Å². The van der Waals surface area contributed by atoms with Crippen LogP contribution in [-0.2, 0) is 9.59 Å². The fraction of sp³-hybridized carbons (Fsp3) is 0.462. The molecule has 2 rings (SSSR count). The summed E-state index contributed by atoms with van der Waals surface area (Å²) in [6.45, 7) is 1.30. The van der Waals surface area contributed by atoms with Crippen molar-refractivity contribution >= 4 is 11.8 Å². The summed E-state index contributed by atoms with van der Waals surface area (Å²) < 4.78 is 21.1. The van der Waals surface area contributed by atoms with Crippen LogP contribution in [-0.4, -0.2) is 52.3 Å². The largest absolute Gasteiger partial charge is 0.497 e. The summed E-state index contributed by atoms with van der Waals surface area (Å²) in [6, 6.07) is 14.3. The zero-order valence-corrected chi connectivity index (χ0v) is 20.1. The molecule has 0 atom stereocenters. The van der Waals surface area contributed by atoms with Crippen LogP contribution in [0.15, 0.2) is 48.5 Å². The molecule has 0 unspecified atom stereocenters. The molecule has 0 aliphatic heterocycles. The van der Waals surface area contributed by atoms with Crippen LogP contribution in [0.5, 0.6) is 23.0 Å². The average molecular weight is 473 g/mol.